The van der Waals surface area contributed by atoms with Gasteiger partial charge in [0.15, 0.2) is 5.43 Å². The first-order chi connectivity index (χ1) is 13.1. The first kappa shape index (κ1) is 17.7. The van der Waals surface area contributed by atoms with Gasteiger partial charge in [0.25, 0.3) is 0 Å². The van der Waals surface area contributed by atoms with Gasteiger partial charge in [-0.15, -0.1) is 0 Å². The molecule has 7 nitrogen and oxygen atoms in total. The van der Waals surface area contributed by atoms with E-state index < -0.39 is 0 Å². The Bertz CT molecular complexity index is 923. The molecule has 0 aliphatic carbocycles. The fraction of sp³-hybridized carbons (Fsp3) is 0.450. The quantitative estimate of drug-likeness (QED) is 0.852. The average Bonchev–Trinajstić information content (AvgIpc) is 2.71. The molecule has 1 aromatic heterocycles. The van der Waals surface area contributed by atoms with Crippen LogP contribution in [0.2, 0.25) is 0 Å². The standard InChI is InChI=1S/C20H24N4O3/c25-18-7-10-22(17-6-2-1-5-16(17)18)14-20(27)23-9-3-4-15(13-23)24-11-8-21-12-19(24)26/h1-2,5-7,10,15,21H,3-4,8-9,11-14H2. The number of carbonyl (C=O) groups is 2. The molecule has 0 radical (unpaired) electrons. The number of hydrogen-bond acceptors (Lipinski definition) is 4. The number of amides is 2. The van der Waals surface area contributed by atoms with E-state index in [4.69, 9.17) is 0 Å². The van der Waals surface area contributed by atoms with E-state index in [0.717, 1.165) is 24.9 Å². The van der Waals surface area contributed by atoms with Crippen molar-refractivity contribution in [1.29, 1.82) is 0 Å². The highest BCUT2D eigenvalue weighted by molar-refractivity contribution is 5.82. The molecule has 2 saturated heterocycles. The first-order valence-corrected chi connectivity index (χ1v) is 9.49. The maximum atomic E-state index is 12.9. The fourth-order valence-electron chi connectivity index (χ4n) is 4.09. The largest absolute Gasteiger partial charge is 0.339 e. The lowest BCUT2D eigenvalue weighted by Crippen LogP contribution is -2.57. The number of para-hydroxylation sites is 1. The fourth-order valence-corrected chi connectivity index (χ4v) is 4.09. The van der Waals surface area contributed by atoms with Crippen LogP contribution in [0, 0.1) is 0 Å². The van der Waals surface area contributed by atoms with Crippen molar-refractivity contribution >= 4 is 22.7 Å². The Morgan fingerprint density at radius 1 is 1.15 bits per heavy atom. The van der Waals surface area contributed by atoms with Crippen molar-refractivity contribution in [2.75, 3.05) is 32.7 Å². The SMILES string of the molecule is O=C(Cn1ccc(=O)c2ccccc21)N1CCCC(N2CCNCC2=O)C1. The van der Waals surface area contributed by atoms with Crippen LogP contribution >= 0.6 is 0 Å². The molecule has 1 atom stereocenters. The summed E-state index contributed by atoms with van der Waals surface area (Å²) in [5.41, 5.74) is 0.730. The van der Waals surface area contributed by atoms with Crippen molar-refractivity contribution in [3.05, 3.63) is 46.8 Å². The molecule has 2 aliphatic rings. The molecule has 3 heterocycles. The summed E-state index contributed by atoms with van der Waals surface area (Å²) in [6.07, 6.45) is 3.53. The lowest BCUT2D eigenvalue weighted by molar-refractivity contribution is -0.140. The van der Waals surface area contributed by atoms with Gasteiger partial charge in [-0.25, -0.2) is 0 Å². The summed E-state index contributed by atoms with van der Waals surface area (Å²) in [5.74, 6) is 0.142. The smallest absolute Gasteiger partial charge is 0.242 e. The molecule has 2 amide bonds. The van der Waals surface area contributed by atoms with Crippen LogP contribution in [0.5, 0.6) is 0 Å². The predicted octanol–water partition coefficient (Wildman–Crippen LogP) is 0.424. The van der Waals surface area contributed by atoms with Gasteiger partial charge in [0, 0.05) is 49.9 Å². The zero-order valence-corrected chi connectivity index (χ0v) is 15.3. The van der Waals surface area contributed by atoms with Crippen LogP contribution in [0.25, 0.3) is 10.9 Å². The Morgan fingerprint density at radius 2 is 2.00 bits per heavy atom. The number of carbonyl (C=O) groups excluding carboxylic acids is 2. The number of rotatable bonds is 3. The number of fused-ring (bicyclic) bond motifs is 1. The lowest BCUT2D eigenvalue weighted by atomic mass is 10.0. The molecule has 4 rings (SSSR count). The van der Waals surface area contributed by atoms with Gasteiger partial charge in [0.1, 0.15) is 6.54 Å². The summed E-state index contributed by atoms with van der Waals surface area (Å²) in [7, 11) is 0. The molecule has 0 saturated carbocycles. The normalized spacial score (nSPS) is 20.9. The third kappa shape index (κ3) is 3.60. The van der Waals surface area contributed by atoms with Crippen molar-refractivity contribution in [3.8, 4) is 0 Å². The van der Waals surface area contributed by atoms with Crippen molar-refractivity contribution < 1.29 is 9.59 Å². The van der Waals surface area contributed by atoms with Crippen LogP contribution in [-0.2, 0) is 16.1 Å². The Labute approximate surface area is 157 Å². The molecule has 1 unspecified atom stereocenters. The molecule has 1 N–H and O–H groups in total. The number of nitrogens with zero attached hydrogens (tertiary/aromatic N) is 3. The number of benzene rings is 1. The van der Waals surface area contributed by atoms with E-state index in [1.807, 2.05) is 32.6 Å². The lowest BCUT2D eigenvalue weighted by Gasteiger charge is -2.41. The van der Waals surface area contributed by atoms with E-state index in [1.165, 1.54) is 6.07 Å². The second-order valence-electron chi connectivity index (χ2n) is 7.22. The zero-order chi connectivity index (χ0) is 18.8. The summed E-state index contributed by atoms with van der Waals surface area (Å²) < 4.78 is 1.83. The number of aromatic nitrogens is 1. The first-order valence-electron chi connectivity index (χ1n) is 9.49. The maximum absolute atomic E-state index is 12.9. The van der Waals surface area contributed by atoms with Crippen LogP contribution in [0.1, 0.15) is 12.8 Å². The summed E-state index contributed by atoms with van der Waals surface area (Å²) in [6, 6.07) is 8.95. The monoisotopic (exact) mass is 368 g/mol. The summed E-state index contributed by atoms with van der Waals surface area (Å²) in [5, 5.41) is 3.71. The number of piperidine rings is 1. The van der Waals surface area contributed by atoms with Gasteiger partial charge in [0.2, 0.25) is 11.8 Å². The minimum Gasteiger partial charge on any atom is -0.339 e. The minimum atomic E-state index is -0.0374. The molecule has 1 aromatic carbocycles. The van der Waals surface area contributed by atoms with Crippen molar-refractivity contribution in [2.45, 2.75) is 25.4 Å². The van der Waals surface area contributed by atoms with Gasteiger partial charge in [-0.05, 0) is 25.0 Å². The minimum absolute atomic E-state index is 0.0242. The predicted molar refractivity (Wildman–Crippen MR) is 102 cm³/mol. The van der Waals surface area contributed by atoms with Gasteiger partial charge in [-0.2, -0.15) is 0 Å². The molecule has 2 aliphatic heterocycles. The number of hydrogen-bond donors (Lipinski definition) is 1. The molecule has 27 heavy (non-hydrogen) atoms. The number of nitrogens with one attached hydrogen (secondary N) is 1. The van der Waals surface area contributed by atoms with Gasteiger partial charge in [-0.3, -0.25) is 14.4 Å². The molecular weight excluding hydrogens is 344 g/mol. The molecular formula is C20H24N4O3. The molecule has 0 spiro atoms. The van der Waals surface area contributed by atoms with Crippen molar-refractivity contribution in [2.24, 2.45) is 0 Å². The summed E-state index contributed by atoms with van der Waals surface area (Å²) >= 11 is 0. The van der Waals surface area contributed by atoms with Gasteiger partial charge < -0.3 is 19.7 Å². The molecule has 2 aromatic rings. The highest BCUT2D eigenvalue weighted by Gasteiger charge is 2.31. The molecule has 2 fully saturated rings. The second-order valence-corrected chi connectivity index (χ2v) is 7.22. The summed E-state index contributed by atoms with van der Waals surface area (Å²) in [6.45, 7) is 3.39. The van der Waals surface area contributed by atoms with Gasteiger partial charge in [0.05, 0.1) is 12.1 Å². The second kappa shape index (κ2) is 7.52. The zero-order valence-electron chi connectivity index (χ0n) is 15.3. The van der Waals surface area contributed by atoms with Crippen molar-refractivity contribution in [3.63, 3.8) is 0 Å². The van der Waals surface area contributed by atoms with Crippen LogP contribution < -0.4 is 10.7 Å². The number of likely N-dealkylation sites (tertiary alicyclic amines) is 1. The van der Waals surface area contributed by atoms with E-state index in [-0.39, 0.29) is 29.8 Å². The third-order valence-corrected chi connectivity index (χ3v) is 5.51. The van der Waals surface area contributed by atoms with Crippen LogP contribution in [0.4, 0.5) is 0 Å². The van der Waals surface area contributed by atoms with E-state index in [1.54, 1.807) is 12.3 Å². The van der Waals surface area contributed by atoms with Crippen LogP contribution in [0.3, 0.4) is 0 Å². The van der Waals surface area contributed by atoms with E-state index in [2.05, 4.69) is 5.32 Å². The Morgan fingerprint density at radius 3 is 2.85 bits per heavy atom. The van der Waals surface area contributed by atoms with Gasteiger partial charge >= 0.3 is 0 Å². The van der Waals surface area contributed by atoms with E-state index in [0.29, 0.717) is 31.6 Å². The molecule has 7 heteroatoms. The van der Waals surface area contributed by atoms with Crippen molar-refractivity contribution in [1.82, 2.24) is 19.7 Å². The molecule has 142 valence electrons. The Balaban J connectivity index is 1.49. The molecule has 0 bridgehead atoms. The number of piperazine rings is 1. The summed E-state index contributed by atoms with van der Waals surface area (Å²) in [4.78, 5) is 40.9. The van der Waals surface area contributed by atoms with E-state index >= 15 is 0 Å². The highest BCUT2D eigenvalue weighted by Crippen LogP contribution is 2.18. The average molecular weight is 368 g/mol. The Hall–Kier alpha value is -2.67. The van der Waals surface area contributed by atoms with Crippen LogP contribution in [-0.4, -0.2) is 64.9 Å². The van der Waals surface area contributed by atoms with Gasteiger partial charge in [-0.1, -0.05) is 12.1 Å². The number of pyridine rings is 1. The third-order valence-electron chi connectivity index (χ3n) is 5.51. The Kier molecular flexibility index (Phi) is 4.94. The van der Waals surface area contributed by atoms with E-state index in [9.17, 15) is 14.4 Å². The van der Waals surface area contributed by atoms with Crippen LogP contribution in [0.15, 0.2) is 41.3 Å². The topological polar surface area (TPSA) is 74.7 Å². The highest BCUT2D eigenvalue weighted by atomic mass is 16.2. The maximum Gasteiger partial charge on any atom is 0.242 e.